The minimum absolute atomic E-state index is 0.0751. The van der Waals surface area contributed by atoms with Crippen LogP contribution >= 0.6 is 0 Å². The maximum Gasteiger partial charge on any atom is 0.273 e. The van der Waals surface area contributed by atoms with Crippen LogP contribution in [-0.4, -0.2) is 27.2 Å². The highest BCUT2D eigenvalue weighted by atomic mass is 16.2. The maximum absolute atomic E-state index is 12.5. The number of aromatic nitrogens is 3. The van der Waals surface area contributed by atoms with Crippen molar-refractivity contribution in [1.82, 2.24) is 20.1 Å². The van der Waals surface area contributed by atoms with E-state index in [9.17, 15) is 14.4 Å². The number of H-pyrrole nitrogens is 2. The summed E-state index contributed by atoms with van der Waals surface area (Å²) in [5, 5.41) is 6.16. The highest BCUT2D eigenvalue weighted by Crippen LogP contribution is 2.30. The van der Waals surface area contributed by atoms with Gasteiger partial charge in [0.2, 0.25) is 5.91 Å². The molecule has 3 N–H and O–H groups in total. The summed E-state index contributed by atoms with van der Waals surface area (Å²) in [4.78, 5) is 39.8. The summed E-state index contributed by atoms with van der Waals surface area (Å²) < 4.78 is 1.50. The monoisotopic (exact) mass is 394 g/mol. The number of carbonyl (C=O) groups is 1. The Morgan fingerprint density at radius 1 is 1.24 bits per heavy atom. The van der Waals surface area contributed by atoms with E-state index in [2.05, 4.69) is 39.7 Å². The van der Waals surface area contributed by atoms with Gasteiger partial charge in [0.25, 0.3) is 11.1 Å². The Morgan fingerprint density at radius 3 is 2.86 bits per heavy atom. The average Bonchev–Trinajstić information content (AvgIpc) is 2.99. The van der Waals surface area contributed by atoms with Gasteiger partial charge in [-0.05, 0) is 49.3 Å². The van der Waals surface area contributed by atoms with Crippen LogP contribution in [-0.2, 0) is 24.7 Å². The molecule has 1 atom stereocenters. The van der Waals surface area contributed by atoms with E-state index in [0.717, 1.165) is 19.3 Å². The summed E-state index contributed by atoms with van der Waals surface area (Å²) in [6, 6.07) is 8.43. The molecule has 4 rings (SSSR count). The third-order valence-electron chi connectivity index (χ3n) is 6.04. The van der Waals surface area contributed by atoms with E-state index in [1.165, 1.54) is 15.8 Å². The first kappa shape index (κ1) is 19.2. The van der Waals surface area contributed by atoms with Crippen LogP contribution in [0.2, 0.25) is 0 Å². The van der Waals surface area contributed by atoms with Gasteiger partial charge in [-0.2, -0.15) is 0 Å². The van der Waals surface area contributed by atoms with Crippen LogP contribution in [0.4, 0.5) is 0 Å². The molecule has 29 heavy (non-hydrogen) atoms. The molecule has 152 valence electrons. The molecule has 2 heterocycles. The van der Waals surface area contributed by atoms with E-state index < -0.39 is 0 Å². The van der Waals surface area contributed by atoms with Crippen LogP contribution in [0.15, 0.2) is 33.9 Å². The van der Waals surface area contributed by atoms with Gasteiger partial charge in [0.15, 0.2) is 0 Å². The summed E-state index contributed by atoms with van der Waals surface area (Å²) in [6.45, 7) is 2.38. The lowest BCUT2D eigenvalue weighted by Gasteiger charge is -2.25. The molecule has 1 unspecified atom stereocenters. The second-order valence-corrected chi connectivity index (χ2v) is 7.87. The van der Waals surface area contributed by atoms with Crippen LogP contribution in [0.1, 0.15) is 47.4 Å². The fraction of sp³-hybridized carbons (Fsp3) is 0.409. The molecule has 0 aliphatic heterocycles. The molecule has 0 fully saturated rings. The number of amides is 1. The number of benzene rings is 1. The molecule has 7 heteroatoms. The highest BCUT2D eigenvalue weighted by molar-refractivity contribution is 5.80. The molecule has 1 amide bonds. The largest absolute Gasteiger partial charge is 0.355 e. The number of aryl methyl sites for hydroxylation is 3. The zero-order valence-corrected chi connectivity index (χ0v) is 16.8. The zero-order chi connectivity index (χ0) is 20.5. The first-order valence-corrected chi connectivity index (χ1v) is 10.1. The number of pyridine rings is 1. The second kappa shape index (κ2) is 7.73. The molecular weight excluding hydrogens is 368 g/mol. The molecule has 2 aromatic heterocycles. The number of aromatic amines is 2. The summed E-state index contributed by atoms with van der Waals surface area (Å²) in [6.07, 6.45) is 3.83. The van der Waals surface area contributed by atoms with Crippen LogP contribution < -0.4 is 16.4 Å². The van der Waals surface area contributed by atoms with Crippen molar-refractivity contribution in [3.8, 4) is 0 Å². The number of carbonyl (C=O) groups excluding carboxylic acids is 1. The highest BCUT2D eigenvalue weighted by Gasteiger charge is 2.20. The molecule has 3 aromatic rings. The predicted octanol–water partition coefficient (Wildman–Crippen LogP) is 2.03. The topological polar surface area (TPSA) is 99.8 Å². The van der Waals surface area contributed by atoms with Crippen molar-refractivity contribution in [2.45, 2.75) is 44.9 Å². The van der Waals surface area contributed by atoms with E-state index in [4.69, 9.17) is 0 Å². The van der Waals surface area contributed by atoms with Crippen LogP contribution in [0.5, 0.6) is 0 Å². The van der Waals surface area contributed by atoms with Gasteiger partial charge < -0.3 is 10.3 Å². The van der Waals surface area contributed by atoms with Crippen molar-refractivity contribution in [2.24, 2.45) is 7.05 Å². The summed E-state index contributed by atoms with van der Waals surface area (Å²) in [5.41, 5.74) is 3.83. The predicted molar refractivity (Wildman–Crippen MR) is 112 cm³/mol. The molecule has 0 saturated carbocycles. The number of nitrogens with one attached hydrogen (secondary N) is 3. The Bertz CT molecular complexity index is 1180. The molecule has 0 spiro atoms. The average molecular weight is 394 g/mol. The Kier molecular flexibility index (Phi) is 5.13. The van der Waals surface area contributed by atoms with Crippen molar-refractivity contribution in [3.63, 3.8) is 0 Å². The van der Waals surface area contributed by atoms with E-state index in [1.54, 1.807) is 14.0 Å². The van der Waals surface area contributed by atoms with Crippen LogP contribution in [0.25, 0.3) is 11.0 Å². The molecule has 0 bridgehead atoms. The maximum atomic E-state index is 12.5. The molecule has 1 aliphatic rings. The fourth-order valence-electron chi connectivity index (χ4n) is 4.47. The SMILES string of the molecule is Cc1c(CCC(=O)NCC2CCCc3ccccc32)c(=O)[nH]c2c1c(=O)[nH]n2C. The lowest BCUT2D eigenvalue weighted by Crippen LogP contribution is -2.30. The van der Waals surface area contributed by atoms with E-state index in [-0.39, 0.29) is 23.4 Å². The quantitative estimate of drug-likeness (QED) is 0.617. The van der Waals surface area contributed by atoms with Gasteiger partial charge in [-0.1, -0.05) is 24.3 Å². The third-order valence-corrected chi connectivity index (χ3v) is 6.04. The Labute approximate surface area is 168 Å². The van der Waals surface area contributed by atoms with Crippen molar-refractivity contribution < 1.29 is 4.79 Å². The minimum Gasteiger partial charge on any atom is -0.355 e. The van der Waals surface area contributed by atoms with Crippen molar-refractivity contribution >= 4 is 16.9 Å². The number of hydrogen-bond donors (Lipinski definition) is 3. The van der Waals surface area contributed by atoms with Gasteiger partial charge in [-0.3, -0.25) is 24.2 Å². The van der Waals surface area contributed by atoms with Gasteiger partial charge in [0.05, 0.1) is 5.39 Å². The molecule has 7 nitrogen and oxygen atoms in total. The van der Waals surface area contributed by atoms with Gasteiger partial charge in [0.1, 0.15) is 5.65 Å². The molecule has 1 aliphatic carbocycles. The third kappa shape index (κ3) is 3.64. The first-order chi connectivity index (χ1) is 14.0. The standard InChI is InChI=1S/C22H26N4O3/c1-13-16(21(28)24-20-19(13)22(29)25-26(20)2)10-11-18(27)23-12-15-8-5-7-14-6-3-4-9-17(14)15/h3-4,6,9,15H,5,7-8,10-12H2,1-2H3,(H,23,27)(H,24,28)(H,25,29). The summed E-state index contributed by atoms with van der Waals surface area (Å²) >= 11 is 0. The number of nitrogens with zero attached hydrogens (tertiary/aromatic N) is 1. The lowest BCUT2D eigenvalue weighted by molar-refractivity contribution is -0.121. The van der Waals surface area contributed by atoms with E-state index >= 15 is 0 Å². The van der Waals surface area contributed by atoms with Gasteiger partial charge in [0, 0.05) is 31.5 Å². The smallest absolute Gasteiger partial charge is 0.273 e. The van der Waals surface area contributed by atoms with Gasteiger partial charge in [-0.25, -0.2) is 0 Å². The normalized spacial score (nSPS) is 16.0. The molecule has 0 radical (unpaired) electrons. The van der Waals surface area contributed by atoms with Crippen LogP contribution in [0.3, 0.4) is 0 Å². The molecular formula is C22H26N4O3. The van der Waals surface area contributed by atoms with Crippen molar-refractivity contribution in [2.75, 3.05) is 6.54 Å². The minimum atomic E-state index is -0.251. The second-order valence-electron chi connectivity index (χ2n) is 7.87. The fourth-order valence-corrected chi connectivity index (χ4v) is 4.47. The number of rotatable bonds is 5. The molecule has 0 saturated heterocycles. The summed E-state index contributed by atoms with van der Waals surface area (Å²) in [7, 11) is 1.68. The summed E-state index contributed by atoms with van der Waals surface area (Å²) in [5.74, 6) is 0.266. The number of fused-ring (bicyclic) bond motifs is 2. The van der Waals surface area contributed by atoms with Gasteiger partial charge in [-0.15, -0.1) is 0 Å². The Morgan fingerprint density at radius 2 is 2.03 bits per heavy atom. The lowest BCUT2D eigenvalue weighted by atomic mass is 9.83. The van der Waals surface area contributed by atoms with Gasteiger partial charge >= 0.3 is 0 Å². The Hall–Kier alpha value is -3.09. The van der Waals surface area contributed by atoms with Crippen molar-refractivity contribution in [1.29, 1.82) is 0 Å². The molecule has 1 aromatic carbocycles. The van der Waals surface area contributed by atoms with E-state index in [1.807, 2.05) is 0 Å². The van der Waals surface area contributed by atoms with E-state index in [0.29, 0.717) is 41.0 Å². The Balaban J connectivity index is 1.43. The van der Waals surface area contributed by atoms with Crippen molar-refractivity contribution in [3.05, 3.63) is 67.2 Å². The zero-order valence-electron chi connectivity index (χ0n) is 16.8. The number of hydrogen-bond acceptors (Lipinski definition) is 3. The first-order valence-electron chi connectivity index (χ1n) is 10.1. The van der Waals surface area contributed by atoms with Crippen LogP contribution in [0, 0.1) is 6.92 Å².